The summed E-state index contributed by atoms with van der Waals surface area (Å²) in [6, 6.07) is 7.98. The molecule has 21 heavy (non-hydrogen) atoms. The van der Waals surface area contributed by atoms with Gasteiger partial charge in [-0.2, -0.15) is 0 Å². The van der Waals surface area contributed by atoms with Gasteiger partial charge in [0.2, 0.25) is 0 Å². The predicted octanol–water partition coefficient (Wildman–Crippen LogP) is 0.465. The van der Waals surface area contributed by atoms with E-state index in [4.69, 9.17) is 15.6 Å². The van der Waals surface area contributed by atoms with Crippen LogP contribution in [0.3, 0.4) is 0 Å². The highest BCUT2D eigenvalue weighted by Gasteiger charge is 2.18. The molecule has 1 rings (SSSR count). The predicted molar refractivity (Wildman–Crippen MR) is 72.0 cm³/mol. The SMILES string of the molecule is N[C@@H](CCC(=O)O)C(=O)OCC(=O)OCc1ccccc1. The minimum atomic E-state index is -1.07. The first-order chi connectivity index (χ1) is 9.99. The second-order valence-corrected chi connectivity index (χ2v) is 4.29. The van der Waals surface area contributed by atoms with Crippen LogP contribution in [0.1, 0.15) is 18.4 Å². The monoisotopic (exact) mass is 295 g/mol. The van der Waals surface area contributed by atoms with E-state index >= 15 is 0 Å². The van der Waals surface area contributed by atoms with Crippen molar-refractivity contribution in [3.8, 4) is 0 Å². The molecule has 3 N–H and O–H groups in total. The van der Waals surface area contributed by atoms with Gasteiger partial charge in [-0.15, -0.1) is 0 Å². The lowest BCUT2D eigenvalue weighted by Crippen LogP contribution is -2.34. The Bertz CT molecular complexity index is 487. The smallest absolute Gasteiger partial charge is 0.344 e. The van der Waals surface area contributed by atoms with Crippen molar-refractivity contribution < 1.29 is 29.0 Å². The summed E-state index contributed by atoms with van der Waals surface area (Å²) < 4.78 is 9.56. The van der Waals surface area contributed by atoms with Crippen molar-refractivity contribution in [2.45, 2.75) is 25.5 Å². The third kappa shape index (κ3) is 7.07. The molecular formula is C14H17NO6. The lowest BCUT2D eigenvalue weighted by molar-refractivity contribution is -0.160. The summed E-state index contributed by atoms with van der Waals surface area (Å²) in [5.74, 6) is -2.58. The number of nitrogens with two attached hydrogens (primary N) is 1. The van der Waals surface area contributed by atoms with Crippen LogP contribution in [-0.2, 0) is 30.5 Å². The van der Waals surface area contributed by atoms with Crippen molar-refractivity contribution >= 4 is 17.9 Å². The Morgan fingerprint density at radius 1 is 1.14 bits per heavy atom. The molecule has 0 aliphatic heterocycles. The molecule has 0 unspecified atom stereocenters. The zero-order valence-corrected chi connectivity index (χ0v) is 11.4. The van der Waals surface area contributed by atoms with Crippen LogP contribution in [0.15, 0.2) is 30.3 Å². The Labute approximate surface area is 121 Å². The molecule has 0 spiro atoms. The van der Waals surface area contributed by atoms with E-state index in [-0.39, 0.29) is 19.4 Å². The number of hydrogen-bond donors (Lipinski definition) is 2. The lowest BCUT2D eigenvalue weighted by atomic mass is 10.2. The van der Waals surface area contributed by atoms with E-state index in [2.05, 4.69) is 4.74 Å². The molecule has 114 valence electrons. The second-order valence-electron chi connectivity index (χ2n) is 4.29. The number of carbonyl (C=O) groups excluding carboxylic acids is 2. The summed E-state index contributed by atoms with van der Waals surface area (Å²) in [5, 5.41) is 8.46. The summed E-state index contributed by atoms with van der Waals surface area (Å²) in [5.41, 5.74) is 6.24. The fraction of sp³-hybridized carbons (Fsp3) is 0.357. The molecule has 0 aromatic heterocycles. The molecular weight excluding hydrogens is 278 g/mol. The van der Waals surface area contributed by atoms with E-state index < -0.39 is 30.6 Å². The van der Waals surface area contributed by atoms with E-state index in [0.717, 1.165) is 5.56 Å². The van der Waals surface area contributed by atoms with Crippen LogP contribution in [0.5, 0.6) is 0 Å². The minimum Gasteiger partial charge on any atom is -0.481 e. The molecule has 0 fully saturated rings. The van der Waals surface area contributed by atoms with Crippen molar-refractivity contribution in [1.82, 2.24) is 0 Å². The van der Waals surface area contributed by atoms with Gasteiger partial charge < -0.3 is 20.3 Å². The maximum Gasteiger partial charge on any atom is 0.344 e. The quantitative estimate of drug-likeness (QED) is 0.669. The molecule has 1 atom stereocenters. The maximum atomic E-state index is 11.4. The molecule has 0 saturated heterocycles. The normalized spacial score (nSPS) is 11.5. The number of esters is 2. The summed E-state index contributed by atoms with van der Waals surface area (Å²) in [6.45, 7) is -0.464. The van der Waals surface area contributed by atoms with Crippen molar-refractivity contribution in [1.29, 1.82) is 0 Å². The van der Waals surface area contributed by atoms with Gasteiger partial charge in [-0.3, -0.25) is 9.59 Å². The van der Waals surface area contributed by atoms with Crippen LogP contribution in [0, 0.1) is 0 Å². The molecule has 0 bridgehead atoms. The summed E-state index contributed by atoms with van der Waals surface area (Å²) >= 11 is 0. The Morgan fingerprint density at radius 3 is 2.43 bits per heavy atom. The number of ether oxygens (including phenoxy) is 2. The Kier molecular flexibility index (Phi) is 6.90. The third-order valence-corrected chi connectivity index (χ3v) is 2.55. The lowest BCUT2D eigenvalue weighted by Gasteiger charge is -2.10. The highest BCUT2D eigenvalue weighted by atomic mass is 16.6. The topological polar surface area (TPSA) is 116 Å². The van der Waals surface area contributed by atoms with E-state index in [1.54, 1.807) is 12.1 Å². The number of carboxylic acid groups (broad SMARTS) is 1. The number of aliphatic carboxylic acids is 1. The summed E-state index contributed by atoms with van der Waals surface area (Å²) in [7, 11) is 0. The van der Waals surface area contributed by atoms with Crippen LogP contribution in [0.25, 0.3) is 0 Å². The molecule has 7 nitrogen and oxygen atoms in total. The highest BCUT2D eigenvalue weighted by molar-refractivity contribution is 5.80. The molecule has 0 amide bonds. The fourth-order valence-electron chi connectivity index (χ4n) is 1.41. The van der Waals surface area contributed by atoms with Crippen LogP contribution in [0.4, 0.5) is 0 Å². The average Bonchev–Trinajstić information content (AvgIpc) is 2.49. The highest BCUT2D eigenvalue weighted by Crippen LogP contribution is 2.01. The first-order valence-electron chi connectivity index (χ1n) is 6.32. The molecule has 0 radical (unpaired) electrons. The van der Waals surface area contributed by atoms with Crippen LogP contribution in [-0.4, -0.2) is 35.7 Å². The van der Waals surface area contributed by atoms with Gasteiger partial charge in [0.25, 0.3) is 0 Å². The average molecular weight is 295 g/mol. The van der Waals surface area contributed by atoms with Gasteiger partial charge in [0.15, 0.2) is 6.61 Å². The maximum absolute atomic E-state index is 11.4. The molecule has 1 aromatic carbocycles. The molecule has 0 heterocycles. The van der Waals surface area contributed by atoms with Gasteiger partial charge in [0.1, 0.15) is 12.6 Å². The zero-order valence-electron chi connectivity index (χ0n) is 11.4. The Morgan fingerprint density at radius 2 is 1.81 bits per heavy atom. The van der Waals surface area contributed by atoms with E-state index in [9.17, 15) is 14.4 Å². The molecule has 7 heteroatoms. The van der Waals surface area contributed by atoms with Gasteiger partial charge >= 0.3 is 17.9 Å². The Balaban J connectivity index is 2.23. The fourth-order valence-corrected chi connectivity index (χ4v) is 1.41. The third-order valence-electron chi connectivity index (χ3n) is 2.55. The molecule has 0 aliphatic rings. The van der Waals surface area contributed by atoms with E-state index in [1.807, 2.05) is 18.2 Å². The van der Waals surface area contributed by atoms with Gasteiger partial charge in [0.05, 0.1) is 0 Å². The van der Waals surface area contributed by atoms with Crippen LogP contribution in [0.2, 0.25) is 0 Å². The number of hydrogen-bond acceptors (Lipinski definition) is 6. The van der Waals surface area contributed by atoms with Crippen molar-refractivity contribution in [2.75, 3.05) is 6.61 Å². The zero-order chi connectivity index (χ0) is 15.7. The van der Waals surface area contributed by atoms with Crippen LogP contribution < -0.4 is 5.73 Å². The first kappa shape index (κ1) is 16.6. The molecule has 0 saturated carbocycles. The Hall–Kier alpha value is -2.41. The second kappa shape index (κ2) is 8.70. The van der Waals surface area contributed by atoms with Crippen molar-refractivity contribution in [3.05, 3.63) is 35.9 Å². The molecule has 1 aromatic rings. The first-order valence-corrected chi connectivity index (χ1v) is 6.32. The van der Waals surface area contributed by atoms with Gasteiger partial charge in [-0.05, 0) is 12.0 Å². The van der Waals surface area contributed by atoms with Gasteiger partial charge in [0, 0.05) is 6.42 Å². The minimum absolute atomic E-state index is 0.0484. The molecule has 0 aliphatic carbocycles. The number of carboxylic acids is 1. The van der Waals surface area contributed by atoms with Gasteiger partial charge in [-0.25, -0.2) is 4.79 Å². The van der Waals surface area contributed by atoms with Gasteiger partial charge in [-0.1, -0.05) is 30.3 Å². The summed E-state index contributed by atoms with van der Waals surface area (Å²) in [6.07, 6.45) is -0.290. The summed E-state index contributed by atoms with van der Waals surface area (Å²) in [4.78, 5) is 33.1. The van der Waals surface area contributed by atoms with E-state index in [1.165, 1.54) is 0 Å². The van der Waals surface area contributed by atoms with Crippen LogP contribution >= 0.6 is 0 Å². The van der Waals surface area contributed by atoms with Crippen molar-refractivity contribution in [3.63, 3.8) is 0 Å². The number of carbonyl (C=O) groups is 3. The van der Waals surface area contributed by atoms with E-state index in [0.29, 0.717) is 0 Å². The largest absolute Gasteiger partial charge is 0.481 e. The number of rotatable bonds is 8. The standard InChI is InChI=1S/C14H17NO6/c15-11(6-7-12(16)17)14(19)21-9-13(18)20-8-10-4-2-1-3-5-10/h1-5,11H,6-9,15H2,(H,16,17)/t11-/m0/s1. The number of benzene rings is 1. The van der Waals surface area contributed by atoms with Crippen molar-refractivity contribution in [2.24, 2.45) is 5.73 Å².